The Balaban J connectivity index is 1.92. The summed E-state index contributed by atoms with van der Waals surface area (Å²) in [5.41, 5.74) is 7.27. The number of nitrogens with two attached hydrogens (primary N) is 1. The molecule has 0 bridgehead atoms. The molecule has 1 aliphatic carbocycles. The smallest absolute Gasteiger partial charge is 0.211 e. The van der Waals surface area contributed by atoms with Crippen molar-refractivity contribution in [3.05, 3.63) is 11.6 Å². The molecule has 1 heterocycles. The van der Waals surface area contributed by atoms with Gasteiger partial charge in [-0.15, -0.1) is 0 Å². The highest BCUT2D eigenvalue weighted by Gasteiger charge is 2.27. The molecule has 2 N–H and O–H groups in total. The van der Waals surface area contributed by atoms with E-state index in [9.17, 15) is 8.42 Å². The summed E-state index contributed by atoms with van der Waals surface area (Å²) < 4.78 is 24.6. The highest BCUT2D eigenvalue weighted by Crippen LogP contribution is 2.29. The number of rotatable bonds is 3. The summed E-state index contributed by atoms with van der Waals surface area (Å²) >= 11 is 0. The van der Waals surface area contributed by atoms with Crippen molar-refractivity contribution in [2.75, 3.05) is 19.3 Å². The van der Waals surface area contributed by atoms with Crippen LogP contribution in [0.3, 0.4) is 0 Å². The Labute approximate surface area is 104 Å². The summed E-state index contributed by atoms with van der Waals surface area (Å²) in [5.74, 6) is 0.482. The van der Waals surface area contributed by atoms with Gasteiger partial charge in [0.15, 0.2) is 0 Å². The Morgan fingerprint density at radius 1 is 1.47 bits per heavy atom. The van der Waals surface area contributed by atoms with Crippen LogP contribution in [0.15, 0.2) is 11.6 Å². The van der Waals surface area contributed by atoms with Crippen molar-refractivity contribution in [2.45, 2.75) is 38.1 Å². The Bertz CT molecular complexity index is 403. The van der Waals surface area contributed by atoms with Gasteiger partial charge in [0.1, 0.15) is 0 Å². The van der Waals surface area contributed by atoms with Gasteiger partial charge in [-0.3, -0.25) is 0 Å². The average molecular weight is 258 g/mol. The summed E-state index contributed by atoms with van der Waals surface area (Å²) in [6.45, 7) is 1.37. The monoisotopic (exact) mass is 258 g/mol. The zero-order chi connectivity index (χ0) is 12.5. The van der Waals surface area contributed by atoms with Crippen molar-refractivity contribution in [3.8, 4) is 0 Å². The molecule has 2 rings (SSSR count). The van der Waals surface area contributed by atoms with Gasteiger partial charge in [0.2, 0.25) is 10.0 Å². The molecule has 2 atom stereocenters. The fraction of sp³-hybridized carbons (Fsp3) is 0.833. The van der Waals surface area contributed by atoms with Crippen LogP contribution < -0.4 is 5.73 Å². The number of allylic oxidation sites excluding steroid dienone is 1. The first-order valence-corrected chi connectivity index (χ1v) is 8.20. The zero-order valence-electron chi connectivity index (χ0n) is 10.4. The van der Waals surface area contributed by atoms with E-state index in [1.165, 1.54) is 11.8 Å². The molecule has 0 radical (unpaired) electrons. The minimum absolute atomic E-state index is 0.222. The lowest BCUT2D eigenvalue weighted by molar-refractivity contribution is 0.266. The minimum Gasteiger partial charge on any atom is -0.324 e. The molecule has 4 nitrogen and oxygen atoms in total. The minimum atomic E-state index is -3.01. The molecule has 0 aromatic heterocycles. The molecule has 1 aliphatic heterocycles. The molecule has 2 aliphatic rings. The molecule has 0 aromatic rings. The Kier molecular flexibility index (Phi) is 3.90. The van der Waals surface area contributed by atoms with Crippen LogP contribution in [0.25, 0.3) is 0 Å². The SMILES string of the molecule is CS(=O)(=O)N1CCCC(CC2=CC(N)CC2)C1. The Hall–Kier alpha value is -0.390. The van der Waals surface area contributed by atoms with E-state index < -0.39 is 10.0 Å². The van der Waals surface area contributed by atoms with Crippen molar-refractivity contribution in [2.24, 2.45) is 11.7 Å². The molecule has 5 heteroatoms. The third-order valence-corrected chi connectivity index (χ3v) is 5.02. The molecule has 1 fully saturated rings. The van der Waals surface area contributed by atoms with Crippen molar-refractivity contribution < 1.29 is 8.42 Å². The van der Waals surface area contributed by atoms with E-state index in [1.54, 1.807) is 4.31 Å². The van der Waals surface area contributed by atoms with Crippen molar-refractivity contribution in [1.82, 2.24) is 4.31 Å². The van der Waals surface area contributed by atoms with Gasteiger partial charge in [-0.05, 0) is 38.0 Å². The lowest BCUT2D eigenvalue weighted by Crippen LogP contribution is -2.39. The van der Waals surface area contributed by atoms with Crippen LogP contribution in [0, 0.1) is 5.92 Å². The van der Waals surface area contributed by atoms with Crippen LogP contribution in [-0.2, 0) is 10.0 Å². The van der Waals surface area contributed by atoms with Crippen molar-refractivity contribution in [3.63, 3.8) is 0 Å². The first-order chi connectivity index (χ1) is 7.95. The second-order valence-electron chi connectivity index (χ2n) is 5.36. The first-order valence-electron chi connectivity index (χ1n) is 6.35. The van der Waals surface area contributed by atoms with Crippen LogP contribution >= 0.6 is 0 Å². The lowest BCUT2D eigenvalue weighted by atomic mass is 9.92. The maximum Gasteiger partial charge on any atom is 0.211 e. The lowest BCUT2D eigenvalue weighted by Gasteiger charge is -2.31. The molecule has 98 valence electrons. The predicted molar refractivity (Wildman–Crippen MR) is 69.1 cm³/mol. The third kappa shape index (κ3) is 3.53. The standard InChI is InChI=1S/C12H22N2O2S/c1-17(15,16)14-6-2-3-11(9-14)7-10-4-5-12(13)8-10/h8,11-12H,2-7,9,13H2,1H3. The molecule has 17 heavy (non-hydrogen) atoms. The quantitative estimate of drug-likeness (QED) is 0.771. The number of sulfonamides is 1. The third-order valence-electron chi connectivity index (χ3n) is 3.75. The van der Waals surface area contributed by atoms with Crippen LogP contribution in [0.2, 0.25) is 0 Å². The van der Waals surface area contributed by atoms with E-state index in [-0.39, 0.29) is 6.04 Å². The molecular formula is C12H22N2O2S. The Morgan fingerprint density at radius 3 is 2.82 bits per heavy atom. The van der Waals surface area contributed by atoms with Gasteiger partial charge < -0.3 is 5.73 Å². The van der Waals surface area contributed by atoms with Crippen LogP contribution in [0.1, 0.15) is 32.1 Å². The van der Waals surface area contributed by atoms with E-state index in [2.05, 4.69) is 6.08 Å². The second-order valence-corrected chi connectivity index (χ2v) is 7.34. The van der Waals surface area contributed by atoms with Gasteiger partial charge >= 0.3 is 0 Å². The zero-order valence-corrected chi connectivity index (χ0v) is 11.2. The van der Waals surface area contributed by atoms with Gasteiger partial charge in [0, 0.05) is 19.1 Å². The van der Waals surface area contributed by atoms with Crippen molar-refractivity contribution in [1.29, 1.82) is 0 Å². The molecular weight excluding hydrogens is 236 g/mol. The largest absolute Gasteiger partial charge is 0.324 e. The first kappa shape index (κ1) is 13.1. The van der Waals surface area contributed by atoms with E-state index in [1.807, 2.05) is 0 Å². The fourth-order valence-electron chi connectivity index (χ4n) is 2.86. The van der Waals surface area contributed by atoms with E-state index in [0.29, 0.717) is 19.0 Å². The van der Waals surface area contributed by atoms with E-state index in [4.69, 9.17) is 5.73 Å². The summed E-state index contributed by atoms with van der Waals surface area (Å²) in [4.78, 5) is 0. The second kappa shape index (κ2) is 5.08. The summed E-state index contributed by atoms with van der Waals surface area (Å²) in [6, 6.07) is 0.222. The maximum absolute atomic E-state index is 11.5. The van der Waals surface area contributed by atoms with Crippen LogP contribution in [0.5, 0.6) is 0 Å². The molecule has 0 spiro atoms. The highest BCUT2D eigenvalue weighted by atomic mass is 32.2. The summed E-state index contributed by atoms with van der Waals surface area (Å²) in [5, 5.41) is 0. The van der Waals surface area contributed by atoms with Gasteiger partial charge in [0.05, 0.1) is 6.26 Å². The summed E-state index contributed by atoms with van der Waals surface area (Å²) in [7, 11) is -3.01. The summed E-state index contributed by atoms with van der Waals surface area (Å²) in [6.07, 6.45) is 8.77. The Morgan fingerprint density at radius 2 is 2.24 bits per heavy atom. The van der Waals surface area contributed by atoms with Gasteiger partial charge in [-0.25, -0.2) is 12.7 Å². The van der Waals surface area contributed by atoms with Gasteiger partial charge in [-0.1, -0.05) is 11.6 Å². The van der Waals surface area contributed by atoms with Crippen molar-refractivity contribution >= 4 is 10.0 Å². The molecule has 2 unspecified atom stereocenters. The van der Waals surface area contributed by atoms with Crippen LogP contribution in [-0.4, -0.2) is 38.1 Å². The molecule has 0 aromatic carbocycles. The molecule has 0 amide bonds. The number of hydrogen-bond donors (Lipinski definition) is 1. The predicted octanol–water partition coefficient (Wildman–Crippen LogP) is 1.10. The average Bonchev–Trinajstić information content (AvgIpc) is 2.63. The number of nitrogens with zero attached hydrogens (tertiary/aromatic N) is 1. The normalized spacial score (nSPS) is 31.5. The van der Waals surface area contributed by atoms with Gasteiger partial charge in [-0.2, -0.15) is 0 Å². The topological polar surface area (TPSA) is 63.4 Å². The maximum atomic E-state index is 11.5. The number of piperidine rings is 1. The fourth-order valence-corrected chi connectivity index (χ4v) is 3.80. The molecule has 1 saturated heterocycles. The van der Waals surface area contributed by atoms with E-state index in [0.717, 1.165) is 32.1 Å². The molecule has 0 saturated carbocycles. The van der Waals surface area contributed by atoms with Crippen LogP contribution in [0.4, 0.5) is 0 Å². The van der Waals surface area contributed by atoms with E-state index >= 15 is 0 Å². The van der Waals surface area contributed by atoms with Gasteiger partial charge in [0.25, 0.3) is 0 Å². The highest BCUT2D eigenvalue weighted by molar-refractivity contribution is 7.88. The number of hydrogen-bond acceptors (Lipinski definition) is 3.